The van der Waals surface area contributed by atoms with Crippen molar-refractivity contribution in [1.82, 2.24) is 5.32 Å². The van der Waals surface area contributed by atoms with E-state index in [1.165, 1.54) is 29.7 Å². The first-order valence-corrected chi connectivity index (χ1v) is 7.46. The number of rotatable bonds is 6. The molecule has 0 fully saturated rings. The number of anilines is 1. The summed E-state index contributed by atoms with van der Waals surface area (Å²) in [7, 11) is 3.90. The van der Waals surface area contributed by atoms with Crippen LogP contribution in [-0.2, 0) is 11.2 Å². The van der Waals surface area contributed by atoms with E-state index in [0.29, 0.717) is 6.54 Å². The predicted molar refractivity (Wildman–Crippen MR) is 84.3 cm³/mol. The van der Waals surface area contributed by atoms with Crippen LogP contribution in [0.15, 0.2) is 18.2 Å². The van der Waals surface area contributed by atoms with E-state index in [9.17, 15) is 0 Å². The number of nitrogens with two attached hydrogens (primary N) is 1. The Morgan fingerprint density at radius 1 is 1.45 bits per heavy atom. The number of nitrogens with one attached hydrogen (secondary N) is 1. The van der Waals surface area contributed by atoms with Crippen LogP contribution in [0.1, 0.15) is 30.5 Å². The standard InChI is InChI=1S/C16H27N3O/c1-12(20-3)11-18-15(10-17)13-6-7-16-14(9-13)5-4-8-19(16)2/h6-7,9,12,15,18H,4-5,8,10-11,17H2,1-3H3. The van der Waals surface area contributed by atoms with E-state index in [2.05, 4.69) is 42.4 Å². The third-order valence-electron chi connectivity index (χ3n) is 4.15. The molecular weight excluding hydrogens is 250 g/mol. The van der Waals surface area contributed by atoms with Crippen LogP contribution in [0.3, 0.4) is 0 Å². The maximum absolute atomic E-state index is 5.92. The Morgan fingerprint density at radius 2 is 2.25 bits per heavy atom. The van der Waals surface area contributed by atoms with E-state index in [4.69, 9.17) is 10.5 Å². The van der Waals surface area contributed by atoms with Crippen molar-refractivity contribution in [1.29, 1.82) is 0 Å². The molecule has 1 aromatic carbocycles. The topological polar surface area (TPSA) is 50.5 Å². The van der Waals surface area contributed by atoms with Gasteiger partial charge in [-0.3, -0.25) is 0 Å². The Morgan fingerprint density at radius 3 is 2.95 bits per heavy atom. The number of benzene rings is 1. The molecular formula is C16H27N3O. The average Bonchev–Trinajstić information content (AvgIpc) is 2.47. The molecule has 2 rings (SSSR count). The lowest BCUT2D eigenvalue weighted by Crippen LogP contribution is -2.34. The summed E-state index contributed by atoms with van der Waals surface area (Å²) >= 11 is 0. The number of hydrogen-bond acceptors (Lipinski definition) is 4. The number of methoxy groups -OCH3 is 1. The minimum absolute atomic E-state index is 0.199. The summed E-state index contributed by atoms with van der Waals surface area (Å²) in [6, 6.07) is 6.94. The normalized spacial score (nSPS) is 17.7. The molecule has 4 heteroatoms. The number of hydrogen-bond donors (Lipinski definition) is 2. The zero-order valence-electron chi connectivity index (χ0n) is 12.9. The summed E-state index contributed by atoms with van der Waals surface area (Å²) in [6.07, 6.45) is 2.60. The molecule has 2 atom stereocenters. The molecule has 0 aliphatic carbocycles. The van der Waals surface area contributed by atoms with Crippen molar-refractivity contribution in [2.45, 2.75) is 31.9 Å². The number of nitrogens with zero attached hydrogens (tertiary/aromatic N) is 1. The second kappa shape index (κ2) is 7.07. The summed E-state index contributed by atoms with van der Waals surface area (Å²) in [6.45, 7) is 4.62. The van der Waals surface area contributed by atoms with Crippen molar-refractivity contribution >= 4 is 5.69 Å². The molecule has 0 saturated heterocycles. The van der Waals surface area contributed by atoms with E-state index in [1.54, 1.807) is 7.11 Å². The molecule has 0 spiro atoms. The monoisotopic (exact) mass is 277 g/mol. The van der Waals surface area contributed by atoms with Gasteiger partial charge in [-0.15, -0.1) is 0 Å². The Hall–Kier alpha value is -1.10. The van der Waals surface area contributed by atoms with Crippen LogP contribution >= 0.6 is 0 Å². The Balaban J connectivity index is 2.10. The van der Waals surface area contributed by atoms with E-state index in [1.807, 2.05) is 0 Å². The number of ether oxygens (including phenoxy) is 1. The minimum Gasteiger partial charge on any atom is -0.380 e. The smallest absolute Gasteiger partial charge is 0.0667 e. The van der Waals surface area contributed by atoms with Crippen molar-refractivity contribution in [3.05, 3.63) is 29.3 Å². The predicted octanol–water partition coefficient (Wildman–Crippen LogP) is 1.69. The largest absolute Gasteiger partial charge is 0.380 e. The van der Waals surface area contributed by atoms with Crippen LogP contribution in [0.4, 0.5) is 5.69 Å². The van der Waals surface area contributed by atoms with E-state index in [-0.39, 0.29) is 12.1 Å². The third-order valence-corrected chi connectivity index (χ3v) is 4.15. The summed E-state index contributed by atoms with van der Waals surface area (Å²) in [5, 5.41) is 3.49. The Bertz CT molecular complexity index is 436. The van der Waals surface area contributed by atoms with Crippen LogP contribution in [0, 0.1) is 0 Å². The molecule has 1 aliphatic rings. The second-order valence-corrected chi connectivity index (χ2v) is 5.66. The van der Waals surface area contributed by atoms with Gasteiger partial charge in [0.1, 0.15) is 0 Å². The SMILES string of the molecule is COC(C)CNC(CN)c1ccc2c(c1)CCCN2C. The first-order chi connectivity index (χ1) is 9.65. The van der Waals surface area contributed by atoms with Gasteiger partial charge in [0, 0.05) is 45.5 Å². The quantitative estimate of drug-likeness (QED) is 0.831. The minimum atomic E-state index is 0.199. The molecule has 1 heterocycles. The molecule has 4 nitrogen and oxygen atoms in total. The summed E-state index contributed by atoms with van der Waals surface area (Å²) in [5.41, 5.74) is 10.0. The molecule has 1 aliphatic heterocycles. The Kier molecular flexibility index (Phi) is 5.40. The molecule has 0 aromatic heterocycles. The van der Waals surface area contributed by atoms with Crippen LogP contribution in [0.5, 0.6) is 0 Å². The van der Waals surface area contributed by atoms with Gasteiger partial charge in [-0.2, -0.15) is 0 Å². The van der Waals surface area contributed by atoms with Crippen LogP contribution in [0.2, 0.25) is 0 Å². The van der Waals surface area contributed by atoms with Crippen LogP contribution in [0.25, 0.3) is 0 Å². The highest BCUT2D eigenvalue weighted by Crippen LogP contribution is 2.28. The lowest BCUT2D eigenvalue weighted by Gasteiger charge is -2.29. The molecule has 112 valence electrons. The maximum Gasteiger partial charge on any atom is 0.0667 e. The molecule has 2 unspecified atom stereocenters. The lowest BCUT2D eigenvalue weighted by molar-refractivity contribution is 0.114. The first-order valence-electron chi connectivity index (χ1n) is 7.46. The van der Waals surface area contributed by atoms with Gasteiger partial charge in [0.25, 0.3) is 0 Å². The zero-order valence-corrected chi connectivity index (χ0v) is 12.9. The van der Waals surface area contributed by atoms with E-state index >= 15 is 0 Å². The molecule has 0 amide bonds. The first kappa shape index (κ1) is 15.3. The molecule has 20 heavy (non-hydrogen) atoms. The molecule has 0 bridgehead atoms. The lowest BCUT2D eigenvalue weighted by atomic mass is 9.96. The zero-order chi connectivity index (χ0) is 14.5. The van der Waals surface area contributed by atoms with Crippen molar-refractivity contribution < 1.29 is 4.74 Å². The van der Waals surface area contributed by atoms with Gasteiger partial charge in [0.2, 0.25) is 0 Å². The fourth-order valence-corrected chi connectivity index (χ4v) is 2.75. The van der Waals surface area contributed by atoms with Gasteiger partial charge in [0.15, 0.2) is 0 Å². The summed E-state index contributed by atoms with van der Waals surface area (Å²) in [5.74, 6) is 0. The highest BCUT2D eigenvalue weighted by molar-refractivity contribution is 5.56. The van der Waals surface area contributed by atoms with Gasteiger partial charge < -0.3 is 20.7 Å². The van der Waals surface area contributed by atoms with Gasteiger partial charge in [0.05, 0.1) is 6.10 Å². The van der Waals surface area contributed by atoms with Crippen LogP contribution in [-0.4, -0.2) is 39.9 Å². The summed E-state index contributed by atoms with van der Waals surface area (Å²) in [4.78, 5) is 2.33. The van der Waals surface area contributed by atoms with Gasteiger partial charge >= 0.3 is 0 Å². The van der Waals surface area contributed by atoms with Gasteiger partial charge in [-0.05, 0) is 37.0 Å². The molecule has 1 aromatic rings. The third kappa shape index (κ3) is 3.51. The fourth-order valence-electron chi connectivity index (χ4n) is 2.75. The van der Waals surface area contributed by atoms with Crippen molar-refractivity contribution in [2.24, 2.45) is 5.73 Å². The van der Waals surface area contributed by atoms with E-state index in [0.717, 1.165) is 13.1 Å². The Labute approximate surface area is 122 Å². The average molecular weight is 277 g/mol. The highest BCUT2D eigenvalue weighted by Gasteiger charge is 2.17. The maximum atomic E-state index is 5.92. The summed E-state index contributed by atoms with van der Waals surface area (Å²) < 4.78 is 5.28. The highest BCUT2D eigenvalue weighted by atomic mass is 16.5. The fraction of sp³-hybridized carbons (Fsp3) is 0.625. The van der Waals surface area contributed by atoms with E-state index < -0.39 is 0 Å². The van der Waals surface area contributed by atoms with Crippen molar-refractivity contribution in [3.63, 3.8) is 0 Å². The van der Waals surface area contributed by atoms with Gasteiger partial charge in [-0.1, -0.05) is 12.1 Å². The van der Waals surface area contributed by atoms with Crippen molar-refractivity contribution in [3.8, 4) is 0 Å². The molecule has 0 saturated carbocycles. The second-order valence-electron chi connectivity index (χ2n) is 5.66. The number of aryl methyl sites for hydroxylation is 1. The number of fused-ring (bicyclic) bond motifs is 1. The van der Waals surface area contributed by atoms with Gasteiger partial charge in [-0.25, -0.2) is 0 Å². The van der Waals surface area contributed by atoms with Crippen molar-refractivity contribution in [2.75, 3.05) is 38.7 Å². The van der Waals surface area contributed by atoms with Crippen LogP contribution < -0.4 is 16.0 Å². The molecule has 0 radical (unpaired) electrons. The molecule has 3 N–H and O–H groups in total.